The molecule has 7 heteroatoms. The number of hydrogen-bond donors (Lipinski definition) is 1. The number of amides is 1. The van der Waals surface area contributed by atoms with Crippen molar-refractivity contribution >= 4 is 27.5 Å². The predicted octanol–water partition coefficient (Wildman–Crippen LogP) is 2.22. The Morgan fingerprint density at radius 1 is 1.28 bits per heavy atom. The highest BCUT2D eigenvalue weighted by Gasteiger charge is 2.12. The van der Waals surface area contributed by atoms with Crippen LogP contribution in [0.1, 0.15) is 22.6 Å². The SMILES string of the molecule is Cc1sc2ncn(CCC(=O)NCCc3ccccn3)c(=O)c2c1C. The van der Waals surface area contributed by atoms with E-state index in [1.54, 1.807) is 6.20 Å². The second-order valence-corrected chi connectivity index (χ2v) is 7.08. The van der Waals surface area contributed by atoms with E-state index in [2.05, 4.69) is 15.3 Å². The van der Waals surface area contributed by atoms with Gasteiger partial charge in [-0.1, -0.05) is 6.07 Å². The van der Waals surface area contributed by atoms with Crippen molar-refractivity contribution < 1.29 is 4.79 Å². The van der Waals surface area contributed by atoms with E-state index in [1.165, 1.54) is 22.2 Å². The van der Waals surface area contributed by atoms with E-state index in [9.17, 15) is 9.59 Å². The zero-order chi connectivity index (χ0) is 17.8. The number of carbonyl (C=O) groups excluding carboxylic acids is 1. The minimum atomic E-state index is -0.0823. The molecule has 0 atom stereocenters. The van der Waals surface area contributed by atoms with Gasteiger partial charge in [0.1, 0.15) is 4.83 Å². The Morgan fingerprint density at radius 3 is 2.88 bits per heavy atom. The summed E-state index contributed by atoms with van der Waals surface area (Å²) in [5.74, 6) is -0.0823. The molecule has 6 nitrogen and oxygen atoms in total. The zero-order valence-electron chi connectivity index (χ0n) is 14.3. The van der Waals surface area contributed by atoms with Gasteiger partial charge in [-0.25, -0.2) is 4.98 Å². The van der Waals surface area contributed by atoms with Gasteiger partial charge in [-0.3, -0.25) is 19.1 Å². The number of carbonyl (C=O) groups is 1. The molecule has 130 valence electrons. The molecular formula is C18H20N4O2S. The normalized spacial score (nSPS) is 11.0. The zero-order valence-corrected chi connectivity index (χ0v) is 15.1. The molecule has 3 heterocycles. The van der Waals surface area contributed by atoms with Gasteiger partial charge in [-0.2, -0.15) is 0 Å². The Balaban J connectivity index is 1.57. The first-order valence-corrected chi connectivity index (χ1v) is 8.99. The van der Waals surface area contributed by atoms with Gasteiger partial charge in [0.2, 0.25) is 5.91 Å². The molecule has 0 aliphatic rings. The summed E-state index contributed by atoms with van der Waals surface area (Å²) < 4.78 is 1.51. The lowest BCUT2D eigenvalue weighted by Crippen LogP contribution is -2.29. The number of fused-ring (bicyclic) bond motifs is 1. The van der Waals surface area contributed by atoms with Crippen molar-refractivity contribution in [3.05, 3.63) is 57.2 Å². The number of rotatable bonds is 6. The lowest BCUT2D eigenvalue weighted by Gasteiger charge is -2.07. The van der Waals surface area contributed by atoms with Crippen LogP contribution in [0.3, 0.4) is 0 Å². The monoisotopic (exact) mass is 356 g/mol. The molecule has 0 saturated heterocycles. The minimum Gasteiger partial charge on any atom is -0.356 e. The molecule has 25 heavy (non-hydrogen) atoms. The fourth-order valence-corrected chi connectivity index (χ4v) is 3.60. The van der Waals surface area contributed by atoms with Gasteiger partial charge >= 0.3 is 0 Å². The van der Waals surface area contributed by atoms with Crippen molar-refractivity contribution in [2.45, 2.75) is 33.2 Å². The quantitative estimate of drug-likeness (QED) is 0.735. The van der Waals surface area contributed by atoms with Crippen LogP contribution in [0.25, 0.3) is 10.2 Å². The van der Waals surface area contributed by atoms with E-state index in [0.717, 1.165) is 21.0 Å². The van der Waals surface area contributed by atoms with Crippen molar-refractivity contribution in [1.82, 2.24) is 19.9 Å². The van der Waals surface area contributed by atoms with Crippen LogP contribution in [-0.4, -0.2) is 27.0 Å². The van der Waals surface area contributed by atoms with Crippen molar-refractivity contribution in [3.63, 3.8) is 0 Å². The summed E-state index contributed by atoms with van der Waals surface area (Å²) in [6.45, 7) is 4.78. The summed E-state index contributed by atoms with van der Waals surface area (Å²) in [4.78, 5) is 35.0. The van der Waals surface area contributed by atoms with E-state index in [0.29, 0.717) is 24.9 Å². The molecule has 3 rings (SSSR count). The molecule has 0 fully saturated rings. The summed E-state index contributed by atoms with van der Waals surface area (Å²) in [6.07, 6.45) is 4.20. The average Bonchev–Trinajstić information content (AvgIpc) is 2.90. The smallest absolute Gasteiger partial charge is 0.262 e. The standard InChI is InChI=1S/C18H20N4O2S/c1-12-13(2)25-17-16(12)18(24)22(11-21-17)10-7-15(23)20-9-6-14-5-3-4-8-19-14/h3-5,8,11H,6-7,9-10H2,1-2H3,(H,20,23). The maximum absolute atomic E-state index is 12.6. The number of thiophene rings is 1. The second-order valence-electron chi connectivity index (χ2n) is 5.88. The Hall–Kier alpha value is -2.54. The Labute approximate surface area is 149 Å². The topological polar surface area (TPSA) is 76.9 Å². The van der Waals surface area contributed by atoms with Crippen molar-refractivity contribution in [2.24, 2.45) is 0 Å². The van der Waals surface area contributed by atoms with Crippen molar-refractivity contribution in [2.75, 3.05) is 6.54 Å². The summed E-state index contributed by atoms with van der Waals surface area (Å²) in [6, 6.07) is 5.72. The lowest BCUT2D eigenvalue weighted by atomic mass is 10.2. The van der Waals surface area contributed by atoms with E-state index in [-0.39, 0.29) is 17.9 Å². The van der Waals surface area contributed by atoms with Crippen LogP contribution in [0.15, 0.2) is 35.5 Å². The summed E-state index contributed by atoms with van der Waals surface area (Å²) in [5, 5.41) is 3.53. The Bertz CT molecular complexity index is 947. The molecule has 0 aliphatic carbocycles. The van der Waals surface area contributed by atoms with Crippen molar-refractivity contribution in [1.29, 1.82) is 0 Å². The second kappa shape index (κ2) is 7.57. The van der Waals surface area contributed by atoms with Gasteiger partial charge in [-0.15, -0.1) is 11.3 Å². The van der Waals surface area contributed by atoms with E-state index in [1.807, 2.05) is 32.0 Å². The number of nitrogens with one attached hydrogen (secondary N) is 1. The molecule has 1 N–H and O–H groups in total. The molecule has 3 aromatic rings. The van der Waals surface area contributed by atoms with Gasteiger partial charge in [-0.05, 0) is 31.5 Å². The van der Waals surface area contributed by atoms with Gasteiger partial charge < -0.3 is 5.32 Å². The number of aryl methyl sites for hydroxylation is 3. The predicted molar refractivity (Wildman–Crippen MR) is 98.9 cm³/mol. The molecule has 0 spiro atoms. The Kier molecular flexibility index (Phi) is 5.23. The van der Waals surface area contributed by atoms with Crippen LogP contribution in [0, 0.1) is 13.8 Å². The molecule has 0 aromatic carbocycles. The molecular weight excluding hydrogens is 336 g/mol. The van der Waals surface area contributed by atoms with Gasteiger partial charge in [0.15, 0.2) is 0 Å². The maximum Gasteiger partial charge on any atom is 0.262 e. The van der Waals surface area contributed by atoms with Crippen LogP contribution in [-0.2, 0) is 17.8 Å². The summed E-state index contributed by atoms with van der Waals surface area (Å²) in [5.41, 5.74) is 1.84. The van der Waals surface area contributed by atoms with Gasteiger partial charge in [0.25, 0.3) is 5.56 Å². The van der Waals surface area contributed by atoms with E-state index in [4.69, 9.17) is 0 Å². The van der Waals surface area contributed by atoms with Crippen LogP contribution < -0.4 is 10.9 Å². The van der Waals surface area contributed by atoms with E-state index >= 15 is 0 Å². The molecule has 0 aliphatic heterocycles. The number of pyridine rings is 1. The van der Waals surface area contributed by atoms with Crippen LogP contribution in [0.2, 0.25) is 0 Å². The fourth-order valence-electron chi connectivity index (χ4n) is 2.62. The van der Waals surface area contributed by atoms with Crippen LogP contribution >= 0.6 is 11.3 Å². The Morgan fingerprint density at radius 2 is 2.12 bits per heavy atom. The molecule has 0 unspecified atom stereocenters. The average molecular weight is 356 g/mol. The van der Waals surface area contributed by atoms with Crippen LogP contribution in [0.5, 0.6) is 0 Å². The van der Waals surface area contributed by atoms with E-state index < -0.39 is 0 Å². The number of nitrogens with zero attached hydrogens (tertiary/aromatic N) is 3. The largest absolute Gasteiger partial charge is 0.356 e. The number of hydrogen-bond acceptors (Lipinski definition) is 5. The first kappa shape index (κ1) is 17.3. The highest BCUT2D eigenvalue weighted by Crippen LogP contribution is 2.25. The summed E-state index contributed by atoms with van der Waals surface area (Å²) in [7, 11) is 0. The molecule has 0 radical (unpaired) electrons. The number of aromatic nitrogens is 3. The third-order valence-corrected chi connectivity index (χ3v) is 5.28. The highest BCUT2D eigenvalue weighted by atomic mass is 32.1. The first-order valence-electron chi connectivity index (χ1n) is 8.18. The highest BCUT2D eigenvalue weighted by molar-refractivity contribution is 7.18. The molecule has 3 aromatic heterocycles. The lowest BCUT2D eigenvalue weighted by molar-refractivity contribution is -0.121. The minimum absolute atomic E-state index is 0.0758. The van der Waals surface area contributed by atoms with Gasteiger partial charge in [0.05, 0.1) is 11.7 Å². The maximum atomic E-state index is 12.6. The molecule has 0 bridgehead atoms. The third kappa shape index (κ3) is 3.93. The van der Waals surface area contributed by atoms with Crippen molar-refractivity contribution in [3.8, 4) is 0 Å². The fraction of sp³-hybridized carbons (Fsp3) is 0.333. The molecule has 0 saturated carbocycles. The summed E-state index contributed by atoms with van der Waals surface area (Å²) >= 11 is 1.53. The van der Waals surface area contributed by atoms with Crippen LogP contribution in [0.4, 0.5) is 0 Å². The third-order valence-electron chi connectivity index (χ3n) is 4.17. The van der Waals surface area contributed by atoms with Gasteiger partial charge in [0, 0.05) is 42.7 Å². The first-order chi connectivity index (χ1) is 12.1. The molecule has 1 amide bonds.